The van der Waals surface area contributed by atoms with Gasteiger partial charge < -0.3 is 0 Å². The Labute approximate surface area is 164 Å². The van der Waals surface area contributed by atoms with Gasteiger partial charge in [-0.15, -0.1) is 0 Å². The van der Waals surface area contributed by atoms with Crippen molar-refractivity contribution in [2.75, 3.05) is 0 Å². The molecule has 0 aliphatic carbocycles. The summed E-state index contributed by atoms with van der Waals surface area (Å²) in [4.78, 5) is 0. The zero-order valence-corrected chi connectivity index (χ0v) is 12.3. The van der Waals surface area contributed by atoms with Gasteiger partial charge in [0.15, 0.2) is 6.20 Å². The Morgan fingerprint density at radius 3 is 2.14 bits per heavy atom. The number of hydrogen-bond donors (Lipinski definition) is 0. The maximum Gasteiger partial charge on any atom is 0.212 e. The van der Waals surface area contributed by atoms with Gasteiger partial charge >= 0.3 is 0 Å². The molecule has 0 N–H and O–H groups in total. The molecule has 22 heavy (non-hydrogen) atoms. The largest absolute Gasteiger partial charge is 0.212 e. The van der Waals surface area contributed by atoms with Crippen molar-refractivity contribution in [3.8, 4) is 11.3 Å². The number of aryl methyl sites for hydroxylation is 4. The molecule has 0 radical (unpaired) electrons. The van der Waals surface area contributed by atoms with Gasteiger partial charge in [0.2, 0.25) is 5.69 Å². The van der Waals surface area contributed by atoms with E-state index >= 15 is 0 Å². The quantitative estimate of drug-likeness (QED) is 0.672. The lowest BCUT2D eigenvalue weighted by Gasteiger charge is -2.16. The van der Waals surface area contributed by atoms with Crippen LogP contribution in [0.5, 0.6) is 0 Å². The van der Waals surface area contributed by atoms with Gasteiger partial charge in [-0.3, -0.25) is 0 Å². The molecule has 1 heterocycles. The monoisotopic (exact) mass is 316 g/mol. The fourth-order valence-corrected chi connectivity index (χ4v) is 2.31. The molecule has 0 saturated carbocycles. The second-order valence-electron chi connectivity index (χ2n) is 5.06. The van der Waals surface area contributed by atoms with E-state index in [9.17, 15) is 0 Å². The van der Waals surface area contributed by atoms with Gasteiger partial charge in [-0.1, -0.05) is 33.5 Å². The van der Waals surface area contributed by atoms with Crippen LogP contribution in [0.25, 0.3) is 11.3 Å². The summed E-state index contributed by atoms with van der Waals surface area (Å²) in [7, 11) is 1.28. The van der Waals surface area contributed by atoms with E-state index in [0.29, 0.717) is 0 Å². The van der Waals surface area contributed by atoms with E-state index in [1.54, 1.807) is 0 Å². The van der Waals surface area contributed by atoms with Crippen molar-refractivity contribution in [1.29, 1.82) is 0 Å². The Kier molecular flexibility index (Phi) is 1.27. The standard InChI is InChI=1S/C21H30N/c1-13(2)18-10-20(16(6)9-15(18)5)21-11-19(14(3)4)17(7)12-22(21)8/h9-14H,1-8H3/q+1/i1D3,2D3,3D3,4D3,5D3,7D3,13D,14D. The van der Waals surface area contributed by atoms with E-state index < -0.39 is 75.2 Å². The number of rotatable bonds is 3. The minimum Gasteiger partial charge on any atom is -0.201 e. The summed E-state index contributed by atoms with van der Waals surface area (Å²) >= 11 is 0. The highest BCUT2D eigenvalue weighted by Gasteiger charge is 2.19. The number of hydrogen-bond acceptors (Lipinski definition) is 0. The molecular formula is C21H30N+. The first-order chi connectivity index (χ1) is 18.2. The van der Waals surface area contributed by atoms with Gasteiger partial charge in [0, 0.05) is 44.6 Å². The summed E-state index contributed by atoms with van der Waals surface area (Å²) in [6.45, 7) is -19.2. The fraction of sp³-hybridized carbons (Fsp3) is 0.476. The zero-order valence-electron chi connectivity index (χ0n) is 32.3. The van der Waals surface area contributed by atoms with Gasteiger partial charge in [-0.25, -0.2) is 4.57 Å². The van der Waals surface area contributed by atoms with Crippen molar-refractivity contribution in [1.82, 2.24) is 0 Å². The summed E-state index contributed by atoms with van der Waals surface area (Å²) in [5, 5.41) is 0. The first-order valence-electron chi connectivity index (χ1n) is 16.4. The van der Waals surface area contributed by atoms with E-state index in [1.807, 2.05) is 0 Å². The topological polar surface area (TPSA) is 3.88 Å². The second kappa shape index (κ2) is 6.24. The van der Waals surface area contributed by atoms with Crippen molar-refractivity contribution < 1.29 is 32.0 Å². The molecule has 0 unspecified atom stereocenters. The lowest BCUT2D eigenvalue weighted by Crippen LogP contribution is -2.32. The lowest BCUT2D eigenvalue weighted by atomic mass is 9.90. The van der Waals surface area contributed by atoms with Crippen LogP contribution < -0.4 is 4.57 Å². The van der Waals surface area contributed by atoms with Crippen molar-refractivity contribution >= 4 is 0 Å². The maximum atomic E-state index is 8.66. The highest BCUT2D eigenvalue weighted by Crippen LogP contribution is 2.30. The van der Waals surface area contributed by atoms with Crippen LogP contribution in [0.2, 0.25) is 0 Å². The molecule has 0 spiro atoms. The molecule has 0 aliphatic heterocycles. The van der Waals surface area contributed by atoms with Crippen LogP contribution in [0, 0.1) is 20.6 Å². The van der Waals surface area contributed by atoms with Crippen molar-refractivity contribution in [3.63, 3.8) is 0 Å². The molecule has 2 rings (SSSR count). The third-order valence-electron chi connectivity index (χ3n) is 3.45. The van der Waals surface area contributed by atoms with Crippen molar-refractivity contribution in [2.45, 2.75) is 59.8 Å². The lowest BCUT2D eigenvalue weighted by molar-refractivity contribution is -0.660. The van der Waals surface area contributed by atoms with Gasteiger partial charge in [0.25, 0.3) is 0 Å². The Morgan fingerprint density at radius 1 is 0.909 bits per heavy atom. The van der Waals surface area contributed by atoms with Crippen LogP contribution >= 0.6 is 0 Å². The van der Waals surface area contributed by atoms with E-state index in [-0.39, 0.29) is 16.8 Å². The molecule has 0 atom stereocenters. The third-order valence-corrected chi connectivity index (χ3v) is 3.45. The van der Waals surface area contributed by atoms with Gasteiger partial charge in [0.05, 0.1) is 0 Å². The molecule has 0 saturated heterocycles. The molecule has 0 bridgehead atoms. The van der Waals surface area contributed by atoms with Crippen LogP contribution in [0.15, 0.2) is 24.4 Å². The molecule has 2 aromatic rings. The summed E-state index contributed by atoms with van der Waals surface area (Å²) in [6, 6.07) is 2.62. The van der Waals surface area contributed by atoms with E-state index in [2.05, 4.69) is 0 Å². The van der Waals surface area contributed by atoms with E-state index in [4.69, 9.17) is 27.4 Å². The second-order valence-corrected chi connectivity index (χ2v) is 5.06. The third kappa shape index (κ3) is 3.09. The Morgan fingerprint density at radius 2 is 1.55 bits per heavy atom. The Hall–Kier alpha value is -1.63. The van der Waals surface area contributed by atoms with Crippen LogP contribution in [0.3, 0.4) is 0 Å². The average Bonchev–Trinajstić information content (AvgIpc) is 2.73. The van der Waals surface area contributed by atoms with E-state index in [1.165, 1.54) is 14.0 Å². The predicted molar refractivity (Wildman–Crippen MR) is 95.4 cm³/mol. The number of nitrogens with zero attached hydrogens (tertiary/aromatic N) is 1. The predicted octanol–water partition coefficient (Wildman–Crippen LogP) is 5.35. The highest BCUT2D eigenvalue weighted by molar-refractivity contribution is 5.64. The Bertz CT molecular complexity index is 1200. The number of pyridine rings is 1. The molecule has 0 fully saturated rings. The van der Waals surface area contributed by atoms with Gasteiger partial charge in [-0.05, 0) is 60.7 Å². The SMILES string of the molecule is [2H]C([2H])([2H])c1cc(C)c(-c2cc(C([2H])(C([2H])([2H])[2H])C([2H])([2H])[2H])c(C([2H])([2H])[2H])c[n+]2C)cc1C([2H])(C([2H])([2H])[2H])C([2H])([2H])[2H]. The number of benzene rings is 1. The van der Waals surface area contributed by atoms with Gasteiger partial charge in [-0.2, -0.15) is 0 Å². The first kappa shape index (κ1) is 4.47. The van der Waals surface area contributed by atoms with Crippen molar-refractivity contribution in [2.24, 2.45) is 7.05 Å². The first-order valence-corrected chi connectivity index (χ1v) is 6.45. The summed E-state index contributed by atoms with van der Waals surface area (Å²) in [5.41, 5.74) is -3.63. The molecule has 0 amide bonds. The summed E-state index contributed by atoms with van der Waals surface area (Å²) in [5.74, 6) is -6.94. The molecular weight excluding hydrogens is 266 g/mol. The van der Waals surface area contributed by atoms with Crippen LogP contribution in [0.4, 0.5) is 0 Å². The summed E-state index contributed by atoms with van der Waals surface area (Å²) in [6.07, 6.45) is 0.886. The molecule has 0 aliphatic rings. The van der Waals surface area contributed by atoms with E-state index in [0.717, 1.165) is 29.0 Å². The molecule has 1 aromatic carbocycles. The molecule has 118 valence electrons. The van der Waals surface area contributed by atoms with Crippen LogP contribution in [-0.4, -0.2) is 0 Å². The summed E-state index contributed by atoms with van der Waals surface area (Å²) < 4.78 is 161. The fourth-order valence-electron chi connectivity index (χ4n) is 2.31. The normalized spacial score (nSPS) is 29.4. The maximum absolute atomic E-state index is 8.66. The molecule has 1 aromatic heterocycles. The molecule has 1 nitrogen and oxygen atoms in total. The van der Waals surface area contributed by atoms with Crippen molar-refractivity contribution in [3.05, 3.63) is 52.2 Å². The van der Waals surface area contributed by atoms with Crippen LogP contribution in [0.1, 0.15) is 94.4 Å². The minimum atomic E-state index is -3.58. The minimum absolute atomic E-state index is 0.0600. The van der Waals surface area contributed by atoms with Crippen LogP contribution in [-0.2, 0) is 7.05 Å². The zero-order chi connectivity index (χ0) is 33.4. The van der Waals surface area contributed by atoms with Gasteiger partial charge in [0.1, 0.15) is 7.05 Å². The number of aromatic nitrogens is 1. The smallest absolute Gasteiger partial charge is 0.201 e. The Balaban J connectivity index is 3.27. The average molecular weight is 317 g/mol. The molecule has 1 heteroatoms. The highest BCUT2D eigenvalue weighted by atomic mass is 14.9.